The first-order chi connectivity index (χ1) is 12.2. The summed E-state index contributed by atoms with van der Waals surface area (Å²) in [5.74, 6) is 0. The minimum absolute atomic E-state index is 0.344. The number of nitrogens with zero attached hydrogens (tertiary/aromatic N) is 3. The molecule has 0 saturated carbocycles. The van der Waals surface area contributed by atoms with Crippen molar-refractivity contribution in [1.82, 2.24) is 9.97 Å². The van der Waals surface area contributed by atoms with Gasteiger partial charge in [-0.3, -0.25) is 0 Å². The summed E-state index contributed by atoms with van der Waals surface area (Å²) in [6.45, 7) is 0. The van der Waals surface area contributed by atoms with Crippen molar-refractivity contribution in [3.8, 4) is 11.3 Å². The normalized spacial score (nSPS) is 11.4. The van der Waals surface area contributed by atoms with Crippen LogP contribution in [0.15, 0.2) is 70.4 Å². The van der Waals surface area contributed by atoms with Crippen LogP contribution in [0.25, 0.3) is 22.2 Å². The van der Waals surface area contributed by atoms with E-state index in [2.05, 4.69) is 25.9 Å². The predicted octanol–water partition coefficient (Wildman–Crippen LogP) is 4.64. The number of nitrogens with one attached hydrogen (secondary N) is 1. The number of anilines is 1. The second kappa shape index (κ2) is 6.28. The molecule has 124 valence electrons. The van der Waals surface area contributed by atoms with E-state index in [1.54, 1.807) is 12.5 Å². The average Bonchev–Trinajstić information content (AvgIpc) is 3.27. The number of benzene rings is 2. The predicted molar refractivity (Wildman–Crippen MR) is 102 cm³/mol. The third-order valence-corrected chi connectivity index (χ3v) is 4.09. The summed E-state index contributed by atoms with van der Waals surface area (Å²) in [5, 5.41) is 1.12. The van der Waals surface area contributed by atoms with Gasteiger partial charge in [0.25, 0.3) is 0 Å². The molecule has 0 fully saturated rings. The first kappa shape index (κ1) is 15.2. The highest BCUT2D eigenvalue weighted by Crippen LogP contribution is 2.29. The molecule has 0 amide bonds. The Kier molecular flexibility index (Phi) is 3.82. The number of rotatable bonds is 4. The molecule has 2 heterocycles. The fraction of sp³-hybridized carbons (Fsp3) is 0.100. The number of H-pyrrole nitrogens is 1. The third-order valence-electron chi connectivity index (χ3n) is 4.09. The molecule has 0 aliphatic carbocycles. The third kappa shape index (κ3) is 3.04. The van der Waals surface area contributed by atoms with Crippen molar-refractivity contribution < 1.29 is 4.42 Å². The standard InChI is InChI=1S/C20H18N4O/c1-24(2)15-9-7-14(8-10-15)11-22-20-23-19(13-25-20)17-12-21-18-6-4-3-5-16(17)18/h3-13,21H,1-2H3/b22-11+. The van der Waals surface area contributed by atoms with Crippen molar-refractivity contribution in [3.05, 3.63) is 66.6 Å². The molecule has 0 aliphatic rings. The lowest BCUT2D eigenvalue weighted by Crippen LogP contribution is -2.08. The minimum Gasteiger partial charge on any atom is -0.430 e. The van der Waals surface area contributed by atoms with E-state index < -0.39 is 0 Å². The first-order valence-corrected chi connectivity index (χ1v) is 8.04. The van der Waals surface area contributed by atoms with Crippen LogP contribution in [0.2, 0.25) is 0 Å². The number of para-hydroxylation sites is 1. The molecular formula is C20H18N4O. The molecule has 2 aromatic carbocycles. The zero-order chi connectivity index (χ0) is 17.2. The van der Waals surface area contributed by atoms with Crippen LogP contribution in [0, 0.1) is 0 Å². The van der Waals surface area contributed by atoms with Gasteiger partial charge in [0.05, 0.1) is 0 Å². The molecule has 1 N–H and O–H groups in total. The van der Waals surface area contributed by atoms with Crippen LogP contribution < -0.4 is 4.90 Å². The van der Waals surface area contributed by atoms with E-state index in [9.17, 15) is 0 Å². The molecule has 2 aromatic heterocycles. The van der Waals surface area contributed by atoms with Gasteiger partial charge in [-0.1, -0.05) is 30.3 Å². The maximum Gasteiger partial charge on any atom is 0.322 e. The Balaban J connectivity index is 1.57. The van der Waals surface area contributed by atoms with Gasteiger partial charge >= 0.3 is 6.01 Å². The van der Waals surface area contributed by atoms with Gasteiger partial charge in [-0.25, -0.2) is 4.99 Å². The molecule has 25 heavy (non-hydrogen) atoms. The van der Waals surface area contributed by atoms with Gasteiger partial charge in [0, 0.05) is 48.7 Å². The van der Waals surface area contributed by atoms with E-state index >= 15 is 0 Å². The summed E-state index contributed by atoms with van der Waals surface area (Å²) in [4.78, 5) is 14.1. The van der Waals surface area contributed by atoms with Crippen LogP contribution in [0.5, 0.6) is 0 Å². The topological polar surface area (TPSA) is 57.4 Å². The highest BCUT2D eigenvalue weighted by atomic mass is 16.4. The number of oxazole rings is 1. The van der Waals surface area contributed by atoms with Crippen molar-refractivity contribution in [2.75, 3.05) is 19.0 Å². The number of aliphatic imine (C=N–C) groups is 1. The molecule has 0 radical (unpaired) electrons. The maximum atomic E-state index is 5.49. The van der Waals surface area contributed by atoms with Crippen LogP contribution in [-0.2, 0) is 0 Å². The number of aromatic amines is 1. The smallest absolute Gasteiger partial charge is 0.322 e. The van der Waals surface area contributed by atoms with Crippen molar-refractivity contribution in [1.29, 1.82) is 0 Å². The average molecular weight is 330 g/mol. The van der Waals surface area contributed by atoms with E-state index in [0.717, 1.165) is 33.4 Å². The van der Waals surface area contributed by atoms with Gasteiger partial charge in [0.15, 0.2) is 0 Å². The maximum absolute atomic E-state index is 5.49. The molecule has 0 spiro atoms. The summed E-state index contributed by atoms with van der Waals surface area (Å²) in [5.41, 5.74) is 5.00. The highest BCUT2D eigenvalue weighted by Gasteiger charge is 2.10. The van der Waals surface area contributed by atoms with E-state index in [0.29, 0.717) is 6.01 Å². The van der Waals surface area contributed by atoms with Gasteiger partial charge < -0.3 is 14.3 Å². The fourth-order valence-corrected chi connectivity index (χ4v) is 2.72. The van der Waals surface area contributed by atoms with Crippen molar-refractivity contribution in [2.45, 2.75) is 0 Å². The van der Waals surface area contributed by atoms with Crippen molar-refractivity contribution in [2.24, 2.45) is 4.99 Å². The molecule has 0 bridgehead atoms. The Labute approximate surface area is 145 Å². The minimum atomic E-state index is 0.344. The van der Waals surface area contributed by atoms with Gasteiger partial charge in [-0.15, -0.1) is 0 Å². The molecule has 5 heteroatoms. The zero-order valence-electron chi connectivity index (χ0n) is 14.1. The summed E-state index contributed by atoms with van der Waals surface area (Å²) in [7, 11) is 4.03. The van der Waals surface area contributed by atoms with Crippen molar-refractivity contribution >= 4 is 28.8 Å². The molecule has 4 aromatic rings. The molecule has 0 atom stereocenters. The Morgan fingerprint density at radius 2 is 1.88 bits per heavy atom. The van der Waals surface area contributed by atoms with Gasteiger partial charge in [0.2, 0.25) is 0 Å². The molecule has 0 aliphatic heterocycles. The second-order valence-corrected chi connectivity index (χ2v) is 6.01. The lowest BCUT2D eigenvalue weighted by Gasteiger charge is -2.11. The van der Waals surface area contributed by atoms with E-state index in [1.165, 1.54) is 0 Å². The van der Waals surface area contributed by atoms with Crippen LogP contribution >= 0.6 is 0 Å². The van der Waals surface area contributed by atoms with Gasteiger partial charge in [0.1, 0.15) is 12.0 Å². The monoisotopic (exact) mass is 330 g/mol. The molecular weight excluding hydrogens is 312 g/mol. The number of hydrogen-bond donors (Lipinski definition) is 1. The van der Waals surface area contributed by atoms with Crippen LogP contribution in [0.4, 0.5) is 11.7 Å². The Morgan fingerprint density at radius 1 is 1.08 bits per heavy atom. The molecule has 0 unspecified atom stereocenters. The lowest BCUT2D eigenvalue weighted by molar-refractivity contribution is 0.570. The number of hydrogen-bond acceptors (Lipinski definition) is 4. The van der Waals surface area contributed by atoms with E-state index in [-0.39, 0.29) is 0 Å². The first-order valence-electron chi connectivity index (χ1n) is 8.04. The largest absolute Gasteiger partial charge is 0.430 e. The summed E-state index contributed by atoms with van der Waals surface area (Å²) < 4.78 is 5.49. The van der Waals surface area contributed by atoms with E-state index in [1.807, 2.05) is 62.8 Å². The quantitative estimate of drug-likeness (QED) is 0.555. The zero-order valence-corrected chi connectivity index (χ0v) is 14.1. The summed E-state index contributed by atoms with van der Waals surface area (Å²) in [6.07, 6.45) is 5.33. The van der Waals surface area contributed by atoms with Crippen LogP contribution in [-0.4, -0.2) is 30.3 Å². The second-order valence-electron chi connectivity index (χ2n) is 6.01. The molecule has 4 rings (SSSR count). The summed E-state index contributed by atoms with van der Waals surface area (Å²) >= 11 is 0. The molecule has 0 saturated heterocycles. The SMILES string of the molecule is CN(C)c1ccc(/C=N/c2nc(-c3c[nH]c4ccccc34)co2)cc1. The van der Waals surface area contributed by atoms with Crippen LogP contribution in [0.1, 0.15) is 5.56 Å². The lowest BCUT2D eigenvalue weighted by atomic mass is 10.1. The van der Waals surface area contributed by atoms with Crippen LogP contribution in [0.3, 0.4) is 0 Å². The Morgan fingerprint density at radius 3 is 2.68 bits per heavy atom. The fourth-order valence-electron chi connectivity index (χ4n) is 2.72. The number of aromatic nitrogens is 2. The number of fused-ring (bicyclic) bond motifs is 1. The van der Waals surface area contributed by atoms with Crippen molar-refractivity contribution in [3.63, 3.8) is 0 Å². The highest BCUT2D eigenvalue weighted by molar-refractivity contribution is 5.94. The molecule has 5 nitrogen and oxygen atoms in total. The van der Waals surface area contributed by atoms with E-state index in [4.69, 9.17) is 4.42 Å². The Bertz CT molecular complexity index is 1030. The Hall–Kier alpha value is -3.34. The summed E-state index contributed by atoms with van der Waals surface area (Å²) in [6, 6.07) is 16.6. The van der Waals surface area contributed by atoms with Gasteiger partial charge in [-0.2, -0.15) is 4.98 Å². The van der Waals surface area contributed by atoms with Gasteiger partial charge in [-0.05, 0) is 23.8 Å².